The first-order chi connectivity index (χ1) is 33.9. The molecule has 0 heteroatoms. The Bertz CT molecular complexity index is 4110. The van der Waals surface area contributed by atoms with Crippen molar-refractivity contribution in [2.24, 2.45) is 0 Å². The molecule has 9 aromatic rings. The fourth-order valence-electron chi connectivity index (χ4n) is 6.62. The van der Waals surface area contributed by atoms with Gasteiger partial charge in [0.1, 0.15) is 0 Å². The predicted molar refractivity (Wildman–Crippen MR) is 202 cm³/mol. The monoisotopic (exact) mass is 622 g/mol. The molecule has 0 bridgehead atoms. The number of fused-ring (bicyclic) bond motifs is 2. The highest BCUT2D eigenvalue weighted by molar-refractivity contribution is 6.25. The van der Waals surface area contributed by atoms with Gasteiger partial charge in [0.2, 0.25) is 0 Å². The molecule has 10 rings (SSSR count). The van der Waals surface area contributed by atoms with Crippen LogP contribution in [-0.4, -0.2) is 0 Å². The lowest BCUT2D eigenvalue weighted by atomic mass is 9.66. The molecule has 47 heavy (non-hydrogen) atoms. The van der Waals surface area contributed by atoms with Gasteiger partial charge in [0.05, 0.1) is 35.6 Å². The second kappa shape index (κ2) is 9.64. The van der Waals surface area contributed by atoms with E-state index in [-0.39, 0.29) is 43.8 Å². The van der Waals surface area contributed by atoms with Gasteiger partial charge in [0.25, 0.3) is 0 Å². The van der Waals surface area contributed by atoms with Crippen LogP contribution in [0.25, 0.3) is 87.6 Å². The molecule has 9 aromatic carbocycles. The van der Waals surface area contributed by atoms with Crippen LogP contribution in [-0.2, 0) is 5.41 Å². The van der Waals surface area contributed by atoms with Crippen molar-refractivity contribution in [2.45, 2.75) is 19.3 Å². The lowest BCUT2D eigenvalue weighted by Gasteiger charge is -2.37. The quantitative estimate of drug-likeness (QED) is 0.172. The van der Waals surface area contributed by atoms with Crippen molar-refractivity contribution in [3.8, 4) is 44.5 Å². The van der Waals surface area contributed by atoms with Crippen LogP contribution in [0, 0.1) is 0 Å². The van der Waals surface area contributed by atoms with E-state index in [1.54, 1.807) is 0 Å². The molecule has 0 heterocycles. The molecule has 0 N–H and O–H groups in total. The minimum Gasteiger partial charge on any atom is -0.0622 e. The summed E-state index contributed by atoms with van der Waals surface area (Å²) in [6.07, 6.45) is 0. The molecular weight excluding hydrogens is 565 g/mol. The van der Waals surface area contributed by atoms with E-state index in [4.69, 9.17) is 19.2 Å². The smallest absolute Gasteiger partial charge is 0.0622 e. The molecule has 0 radical (unpaired) electrons. The molecule has 1 aliphatic carbocycles. The van der Waals surface area contributed by atoms with E-state index in [0.717, 1.165) is 0 Å². The molecular formula is C47H32. The Balaban J connectivity index is 1.53. The third kappa shape index (κ3) is 3.76. The fraction of sp³-hybridized carbons (Fsp3) is 0.0638. The van der Waals surface area contributed by atoms with E-state index in [9.17, 15) is 16.4 Å². The van der Waals surface area contributed by atoms with E-state index < -0.39 is 217 Å². The van der Waals surface area contributed by atoms with Crippen molar-refractivity contribution in [3.05, 3.63) is 168 Å². The summed E-state index contributed by atoms with van der Waals surface area (Å²) in [5.41, 5.74) is -7.62. The molecule has 0 saturated carbocycles. The highest BCUT2D eigenvalue weighted by Gasteiger charge is 2.35. The normalized spacial score (nSPS) is 21.2. The van der Waals surface area contributed by atoms with E-state index in [1.165, 1.54) is 13.8 Å². The Kier molecular flexibility index (Phi) is 2.36. The molecule has 220 valence electrons. The molecule has 1 aliphatic rings. The Morgan fingerprint density at radius 3 is 1.72 bits per heavy atom. The van der Waals surface area contributed by atoms with Crippen LogP contribution in [0.15, 0.2) is 157 Å². The maximum atomic E-state index is 10.2. The van der Waals surface area contributed by atoms with Gasteiger partial charge in [-0.2, -0.15) is 0 Å². The lowest BCUT2D eigenvalue weighted by Crippen LogP contribution is -2.24. The van der Waals surface area contributed by atoms with Crippen molar-refractivity contribution < 1.29 is 35.6 Å². The standard InChI is InChI=1S/C47H32/c1-47(2)42-19-8-15-30-14-7-17-39(44(30)42)41-18-9-16-38(46(41)47)36-27-34(29-10-4-3-5-11-29)26-35(28-36)37-24-22-33-21-20-31-12-6-13-32-23-25-40(37)45(33)43(31)32/h3-28H,1-2H3/i3D,4D,5D,6D,7D,8D,9D,10D,11D,12D,13D,14D,15D,16D,17D,18D,19D,20D,21D,22D,23D,24D,25D,26D,27D,28D. The van der Waals surface area contributed by atoms with Gasteiger partial charge in [-0.1, -0.05) is 153 Å². The Labute approximate surface area is 311 Å². The molecule has 0 aliphatic heterocycles. The fourth-order valence-corrected chi connectivity index (χ4v) is 6.62. The summed E-state index contributed by atoms with van der Waals surface area (Å²) in [5, 5.41) is -3.03. The molecule has 0 unspecified atom stereocenters. The summed E-state index contributed by atoms with van der Waals surface area (Å²) >= 11 is 0. The first kappa shape index (κ1) is 11.5. The van der Waals surface area contributed by atoms with E-state index in [2.05, 4.69) is 0 Å². The SMILES string of the molecule is [2H]c1c([2H])c([2H])c(-c2c([2H])c(-c3c([2H])c([2H])c([2H])c4c3C(C)(C)c3c([2H])c([2H])c([2H])c5c([2H])c([2H])c([2H])c-4c35)c([2H])c(-c3c([2H])c([2H])c4c([2H])c([2H])c5c([2H])c([2H])c([2H])c6c([2H])c([2H])c3c4c56)c2[2H])c([2H])c1[2H]. The molecule has 0 spiro atoms. The van der Waals surface area contributed by atoms with Crippen LogP contribution in [0.3, 0.4) is 0 Å². The summed E-state index contributed by atoms with van der Waals surface area (Å²) < 4.78 is 238. The average Bonchev–Trinajstić information content (AvgIpc) is 3.33. The van der Waals surface area contributed by atoms with Gasteiger partial charge in [-0.05, 0) is 117 Å². The van der Waals surface area contributed by atoms with Crippen molar-refractivity contribution in [1.29, 1.82) is 0 Å². The summed E-state index contributed by atoms with van der Waals surface area (Å²) in [6.45, 7) is 2.89. The summed E-state index contributed by atoms with van der Waals surface area (Å²) in [4.78, 5) is 0. The van der Waals surface area contributed by atoms with E-state index >= 15 is 0 Å². The van der Waals surface area contributed by atoms with Crippen LogP contribution >= 0.6 is 0 Å². The van der Waals surface area contributed by atoms with E-state index in [0.29, 0.717) is 0 Å². The summed E-state index contributed by atoms with van der Waals surface area (Å²) in [7, 11) is 0. The minimum absolute atomic E-state index is 0.147. The zero-order valence-corrected chi connectivity index (χ0v) is 24.5. The summed E-state index contributed by atoms with van der Waals surface area (Å²) in [5.74, 6) is 0. The van der Waals surface area contributed by atoms with E-state index in [1.807, 2.05) is 0 Å². The Morgan fingerprint density at radius 1 is 0.383 bits per heavy atom. The highest BCUT2D eigenvalue weighted by Crippen LogP contribution is 2.52. The zero-order chi connectivity index (χ0) is 53.9. The van der Waals surface area contributed by atoms with Crippen molar-refractivity contribution >= 4 is 43.1 Å². The molecule has 0 fully saturated rings. The topological polar surface area (TPSA) is 0 Å². The van der Waals surface area contributed by atoms with Gasteiger partial charge in [-0.25, -0.2) is 0 Å². The second-order valence-corrected chi connectivity index (χ2v) is 11.6. The number of hydrogen-bond donors (Lipinski definition) is 0. The molecule has 0 amide bonds. The first-order valence-corrected chi connectivity index (χ1v) is 14.5. The minimum atomic E-state index is -1.83. The van der Waals surface area contributed by atoms with Crippen LogP contribution in [0.5, 0.6) is 0 Å². The maximum absolute atomic E-state index is 10.2. The highest BCUT2D eigenvalue weighted by atomic mass is 14.4. The van der Waals surface area contributed by atoms with Crippen LogP contribution in [0.4, 0.5) is 0 Å². The van der Waals surface area contributed by atoms with Crippen molar-refractivity contribution in [1.82, 2.24) is 0 Å². The lowest BCUT2D eigenvalue weighted by molar-refractivity contribution is 0.647. The largest absolute Gasteiger partial charge is 0.0636 e. The van der Waals surface area contributed by atoms with Crippen LogP contribution < -0.4 is 0 Å². The Morgan fingerprint density at radius 2 is 0.936 bits per heavy atom. The van der Waals surface area contributed by atoms with Gasteiger partial charge in [-0.15, -0.1) is 0 Å². The van der Waals surface area contributed by atoms with Gasteiger partial charge < -0.3 is 0 Å². The molecule has 0 aromatic heterocycles. The van der Waals surface area contributed by atoms with Gasteiger partial charge >= 0.3 is 0 Å². The third-order valence-corrected chi connectivity index (χ3v) is 8.69. The van der Waals surface area contributed by atoms with Crippen molar-refractivity contribution in [2.75, 3.05) is 0 Å². The van der Waals surface area contributed by atoms with Gasteiger partial charge in [0.15, 0.2) is 0 Å². The zero-order valence-electron chi connectivity index (χ0n) is 50.5. The number of hydrogen-bond acceptors (Lipinski definition) is 0. The maximum Gasteiger partial charge on any atom is 0.0636 e. The number of rotatable bonds is 3. The average molecular weight is 623 g/mol. The molecule has 0 nitrogen and oxygen atoms in total. The third-order valence-electron chi connectivity index (χ3n) is 8.69. The Hall–Kier alpha value is -5.72. The molecule has 0 atom stereocenters. The number of benzene rings is 9. The van der Waals surface area contributed by atoms with Gasteiger partial charge in [-0.3, -0.25) is 0 Å². The second-order valence-electron chi connectivity index (χ2n) is 11.6. The van der Waals surface area contributed by atoms with Crippen LogP contribution in [0.1, 0.15) is 60.6 Å². The molecule has 0 saturated heterocycles. The van der Waals surface area contributed by atoms with Crippen molar-refractivity contribution in [3.63, 3.8) is 0 Å². The predicted octanol–water partition coefficient (Wildman–Crippen LogP) is 13.0. The summed E-state index contributed by atoms with van der Waals surface area (Å²) in [6, 6.07) is -21.6. The van der Waals surface area contributed by atoms with Crippen LogP contribution in [0.2, 0.25) is 0 Å². The first-order valence-electron chi connectivity index (χ1n) is 27.5. The van der Waals surface area contributed by atoms with Gasteiger partial charge in [0, 0.05) is 5.41 Å².